The number of phenols is 1. The molecule has 0 aliphatic rings. The number of rotatable bonds is 4. The summed E-state index contributed by atoms with van der Waals surface area (Å²) in [6, 6.07) is 5.01. The van der Waals surface area contributed by atoms with E-state index in [0.29, 0.717) is 19.4 Å². The van der Waals surface area contributed by atoms with Crippen LogP contribution in [-0.2, 0) is 4.79 Å². The molecule has 0 spiro atoms. The van der Waals surface area contributed by atoms with Crippen molar-refractivity contribution in [3.8, 4) is 18.1 Å². The number of terminal acetylenes is 1. The minimum Gasteiger partial charge on any atom is -0.508 e. The van der Waals surface area contributed by atoms with Crippen LogP contribution in [0.1, 0.15) is 25.3 Å². The second-order valence-corrected chi connectivity index (χ2v) is 3.81. The summed E-state index contributed by atoms with van der Waals surface area (Å²) < 4.78 is 0. The van der Waals surface area contributed by atoms with E-state index in [1.807, 2.05) is 13.8 Å². The molecule has 1 amide bonds. The quantitative estimate of drug-likeness (QED) is 0.809. The smallest absolute Gasteiger partial charge is 0.227 e. The first-order valence-electron chi connectivity index (χ1n) is 5.63. The Morgan fingerprint density at radius 2 is 2.24 bits per heavy atom. The van der Waals surface area contributed by atoms with Crippen LogP contribution < -0.4 is 4.90 Å². The van der Waals surface area contributed by atoms with Gasteiger partial charge in [-0.3, -0.25) is 4.79 Å². The number of nitrogens with zero attached hydrogens (tertiary/aromatic N) is 1. The molecule has 0 bridgehead atoms. The van der Waals surface area contributed by atoms with Gasteiger partial charge in [-0.05, 0) is 25.5 Å². The van der Waals surface area contributed by atoms with E-state index in [1.165, 1.54) is 0 Å². The zero-order valence-corrected chi connectivity index (χ0v) is 10.2. The Balaban J connectivity index is 2.97. The fourth-order valence-corrected chi connectivity index (χ4v) is 1.68. The minimum absolute atomic E-state index is 0.0147. The zero-order chi connectivity index (χ0) is 12.8. The maximum absolute atomic E-state index is 11.9. The molecule has 0 heterocycles. The van der Waals surface area contributed by atoms with Crippen LogP contribution in [0.5, 0.6) is 5.75 Å². The molecule has 0 saturated heterocycles. The monoisotopic (exact) mass is 231 g/mol. The molecule has 17 heavy (non-hydrogen) atoms. The van der Waals surface area contributed by atoms with E-state index in [9.17, 15) is 9.90 Å². The van der Waals surface area contributed by atoms with Gasteiger partial charge in [-0.2, -0.15) is 0 Å². The molecule has 0 radical (unpaired) electrons. The molecule has 0 fully saturated rings. The summed E-state index contributed by atoms with van der Waals surface area (Å²) in [4.78, 5) is 13.6. The number of hydrogen-bond acceptors (Lipinski definition) is 2. The number of amides is 1. The number of hydrogen-bond donors (Lipinski definition) is 1. The highest BCUT2D eigenvalue weighted by Gasteiger charge is 2.15. The van der Waals surface area contributed by atoms with Gasteiger partial charge < -0.3 is 10.0 Å². The highest BCUT2D eigenvalue weighted by Crippen LogP contribution is 2.25. The van der Waals surface area contributed by atoms with Crippen LogP contribution in [0.15, 0.2) is 18.2 Å². The highest BCUT2D eigenvalue weighted by molar-refractivity contribution is 5.94. The van der Waals surface area contributed by atoms with Gasteiger partial charge in [0.05, 0.1) is 5.69 Å². The lowest BCUT2D eigenvalue weighted by Crippen LogP contribution is -2.30. The third kappa shape index (κ3) is 3.25. The van der Waals surface area contributed by atoms with Crippen molar-refractivity contribution in [3.05, 3.63) is 23.8 Å². The fourth-order valence-electron chi connectivity index (χ4n) is 1.68. The largest absolute Gasteiger partial charge is 0.508 e. The van der Waals surface area contributed by atoms with Crippen molar-refractivity contribution in [1.82, 2.24) is 0 Å². The standard InChI is InChI=1S/C14H17NO2/c1-4-6-7-14(17)15(5-2)13-10-12(16)9-8-11(13)3/h1,8-10,16H,5-7H2,2-3H3. The fraction of sp³-hybridized carbons (Fsp3) is 0.357. The Morgan fingerprint density at radius 3 is 2.82 bits per heavy atom. The van der Waals surface area contributed by atoms with E-state index in [4.69, 9.17) is 6.42 Å². The molecule has 0 aromatic heterocycles. The summed E-state index contributed by atoms with van der Waals surface area (Å²) in [5, 5.41) is 9.47. The van der Waals surface area contributed by atoms with Crippen molar-refractivity contribution >= 4 is 11.6 Å². The predicted octanol–water partition coefficient (Wildman–Crippen LogP) is 2.47. The van der Waals surface area contributed by atoms with Crippen molar-refractivity contribution in [2.24, 2.45) is 0 Å². The lowest BCUT2D eigenvalue weighted by molar-refractivity contribution is -0.118. The van der Waals surface area contributed by atoms with Gasteiger partial charge in [-0.15, -0.1) is 12.3 Å². The minimum atomic E-state index is -0.0147. The molecule has 3 nitrogen and oxygen atoms in total. The molecule has 1 N–H and O–H groups in total. The first-order chi connectivity index (χ1) is 8.10. The van der Waals surface area contributed by atoms with E-state index in [0.717, 1.165) is 11.3 Å². The van der Waals surface area contributed by atoms with E-state index >= 15 is 0 Å². The Bertz CT molecular complexity index is 446. The molecule has 90 valence electrons. The van der Waals surface area contributed by atoms with Crippen LogP contribution in [-0.4, -0.2) is 17.6 Å². The van der Waals surface area contributed by atoms with Crippen LogP contribution in [0.2, 0.25) is 0 Å². The molecular weight excluding hydrogens is 214 g/mol. The SMILES string of the molecule is C#CCCC(=O)N(CC)c1cc(O)ccc1C. The van der Waals surface area contributed by atoms with Crippen molar-refractivity contribution < 1.29 is 9.90 Å². The van der Waals surface area contributed by atoms with Crippen molar-refractivity contribution in [3.63, 3.8) is 0 Å². The summed E-state index contributed by atoms with van der Waals surface area (Å²) in [5.74, 6) is 2.60. The Labute approximate surface area is 102 Å². The van der Waals surface area contributed by atoms with E-state index < -0.39 is 0 Å². The van der Waals surface area contributed by atoms with E-state index in [2.05, 4.69) is 5.92 Å². The molecule has 1 aromatic carbocycles. The van der Waals surface area contributed by atoms with Gasteiger partial charge in [-0.1, -0.05) is 6.07 Å². The second kappa shape index (κ2) is 5.95. The van der Waals surface area contributed by atoms with E-state index in [1.54, 1.807) is 23.1 Å². The molecule has 1 aromatic rings. The number of benzene rings is 1. The molecule has 0 aliphatic carbocycles. The average Bonchev–Trinajstić information content (AvgIpc) is 2.32. The maximum atomic E-state index is 11.9. The molecular formula is C14H17NO2. The number of anilines is 1. The van der Waals surface area contributed by atoms with E-state index in [-0.39, 0.29) is 11.7 Å². The zero-order valence-electron chi connectivity index (χ0n) is 10.2. The highest BCUT2D eigenvalue weighted by atomic mass is 16.3. The maximum Gasteiger partial charge on any atom is 0.227 e. The Morgan fingerprint density at radius 1 is 1.53 bits per heavy atom. The summed E-state index contributed by atoms with van der Waals surface area (Å²) in [6.07, 6.45) is 5.92. The van der Waals surface area contributed by atoms with Gasteiger partial charge in [0.15, 0.2) is 0 Å². The number of aryl methyl sites for hydroxylation is 1. The third-order valence-electron chi connectivity index (χ3n) is 2.58. The van der Waals surface area contributed by atoms with Gasteiger partial charge in [0.25, 0.3) is 0 Å². The number of carbonyl (C=O) groups excluding carboxylic acids is 1. The van der Waals surface area contributed by atoms with Gasteiger partial charge in [-0.25, -0.2) is 0 Å². The molecule has 0 saturated carbocycles. The summed E-state index contributed by atoms with van der Waals surface area (Å²) in [6.45, 7) is 4.37. The van der Waals surface area contributed by atoms with Gasteiger partial charge in [0, 0.05) is 25.5 Å². The second-order valence-electron chi connectivity index (χ2n) is 3.81. The Hall–Kier alpha value is -1.95. The lowest BCUT2D eigenvalue weighted by Gasteiger charge is -2.22. The van der Waals surface area contributed by atoms with Crippen molar-refractivity contribution in [2.75, 3.05) is 11.4 Å². The van der Waals surface area contributed by atoms with Gasteiger partial charge >= 0.3 is 0 Å². The van der Waals surface area contributed by atoms with Crippen LogP contribution in [0.4, 0.5) is 5.69 Å². The normalized spacial score (nSPS) is 9.71. The summed E-state index contributed by atoms with van der Waals surface area (Å²) >= 11 is 0. The first-order valence-corrected chi connectivity index (χ1v) is 5.63. The number of carbonyl (C=O) groups is 1. The third-order valence-corrected chi connectivity index (χ3v) is 2.58. The number of phenolic OH excluding ortho intramolecular Hbond substituents is 1. The topological polar surface area (TPSA) is 40.5 Å². The van der Waals surface area contributed by atoms with Crippen LogP contribution in [0.3, 0.4) is 0 Å². The van der Waals surface area contributed by atoms with Crippen molar-refractivity contribution in [1.29, 1.82) is 0 Å². The van der Waals surface area contributed by atoms with Crippen molar-refractivity contribution in [2.45, 2.75) is 26.7 Å². The molecule has 3 heteroatoms. The van der Waals surface area contributed by atoms with Gasteiger partial charge in [0.2, 0.25) is 5.91 Å². The summed E-state index contributed by atoms with van der Waals surface area (Å²) in [5.41, 5.74) is 1.70. The molecule has 0 unspecified atom stereocenters. The number of aromatic hydroxyl groups is 1. The van der Waals surface area contributed by atoms with Crippen LogP contribution >= 0.6 is 0 Å². The molecule has 1 rings (SSSR count). The molecule has 0 atom stereocenters. The lowest BCUT2D eigenvalue weighted by atomic mass is 10.1. The molecule has 0 aliphatic heterocycles. The summed E-state index contributed by atoms with van der Waals surface area (Å²) in [7, 11) is 0. The average molecular weight is 231 g/mol. The Kier molecular flexibility index (Phi) is 4.59. The predicted molar refractivity (Wildman–Crippen MR) is 68.9 cm³/mol. The first kappa shape index (κ1) is 13.1. The van der Waals surface area contributed by atoms with Crippen LogP contribution in [0, 0.1) is 19.3 Å². The van der Waals surface area contributed by atoms with Crippen LogP contribution in [0.25, 0.3) is 0 Å². The van der Waals surface area contributed by atoms with Gasteiger partial charge in [0.1, 0.15) is 5.75 Å².